The van der Waals surface area contributed by atoms with Gasteiger partial charge in [-0.25, -0.2) is 4.98 Å². The first-order chi connectivity index (χ1) is 11.7. The van der Waals surface area contributed by atoms with E-state index >= 15 is 0 Å². The highest BCUT2D eigenvalue weighted by Crippen LogP contribution is 2.26. The number of halogens is 2. The number of likely N-dealkylation sites (tertiary alicyclic amines) is 1. The van der Waals surface area contributed by atoms with E-state index in [-0.39, 0.29) is 0 Å². The Labute approximate surface area is 152 Å². The van der Waals surface area contributed by atoms with Crippen LogP contribution < -0.4 is 5.32 Å². The van der Waals surface area contributed by atoms with Crippen LogP contribution in [0.1, 0.15) is 19.3 Å². The summed E-state index contributed by atoms with van der Waals surface area (Å²) in [5.74, 6) is 0.790. The number of hydrogen-bond acceptors (Lipinski definition) is 5. The minimum atomic E-state index is 0.429. The number of aromatic nitrogens is 2. The quantitative estimate of drug-likeness (QED) is 0.784. The van der Waals surface area contributed by atoms with E-state index < -0.39 is 0 Å². The first-order valence-corrected chi connectivity index (χ1v) is 9.01. The molecule has 1 saturated heterocycles. The lowest BCUT2D eigenvalue weighted by atomic mass is 10.0. The predicted octanol–water partition coefficient (Wildman–Crippen LogP) is 3.85. The van der Waals surface area contributed by atoms with E-state index in [2.05, 4.69) is 20.2 Å². The van der Waals surface area contributed by atoms with Gasteiger partial charge < -0.3 is 15.0 Å². The zero-order valence-corrected chi connectivity index (χ0v) is 15.3. The molecule has 1 aromatic carbocycles. The van der Waals surface area contributed by atoms with Gasteiger partial charge in [-0.3, -0.25) is 4.98 Å². The Morgan fingerprint density at radius 2 is 1.92 bits per heavy atom. The van der Waals surface area contributed by atoms with Crippen molar-refractivity contribution in [1.82, 2.24) is 14.9 Å². The van der Waals surface area contributed by atoms with Crippen molar-refractivity contribution < 1.29 is 4.74 Å². The van der Waals surface area contributed by atoms with Gasteiger partial charge in [-0.1, -0.05) is 23.2 Å². The van der Waals surface area contributed by atoms with Crippen molar-refractivity contribution in [2.75, 3.05) is 38.7 Å². The number of methoxy groups -OCH3 is 1. The highest BCUT2D eigenvalue weighted by molar-refractivity contribution is 6.42. The lowest BCUT2D eigenvalue weighted by Crippen LogP contribution is -2.39. The number of hydrogen-bond donors (Lipinski definition) is 1. The summed E-state index contributed by atoms with van der Waals surface area (Å²) in [6.07, 6.45) is 5.06. The summed E-state index contributed by atoms with van der Waals surface area (Å²) in [5.41, 5.74) is 1.51. The zero-order valence-electron chi connectivity index (χ0n) is 13.8. The van der Waals surface area contributed by atoms with Crippen LogP contribution in [0, 0.1) is 0 Å². The molecular formula is C17H22Cl2N4O. The SMILES string of the molecule is COCCCN1CCC(Nc2cnc3cc(Cl)c(Cl)cc3n2)CC1. The van der Waals surface area contributed by atoms with Crippen molar-refractivity contribution in [3.05, 3.63) is 28.4 Å². The molecule has 1 aromatic heterocycles. The number of anilines is 1. The van der Waals surface area contributed by atoms with Crippen LogP contribution in [0.3, 0.4) is 0 Å². The van der Waals surface area contributed by atoms with Crippen LogP contribution in [-0.4, -0.2) is 54.3 Å². The Kier molecular flexibility index (Phi) is 6.11. The normalized spacial score (nSPS) is 16.6. The van der Waals surface area contributed by atoms with Crippen molar-refractivity contribution in [2.24, 2.45) is 0 Å². The van der Waals surface area contributed by atoms with E-state index in [0.29, 0.717) is 16.1 Å². The highest BCUT2D eigenvalue weighted by atomic mass is 35.5. The Bertz CT molecular complexity index is 690. The van der Waals surface area contributed by atoms with Gasteiger partial charge in [0.05, 0.1) is 27.3 Å². The smallest absolute Gasteiger partial charge is 0.145 e. The monoisotopic (exact) mass is 368 g/mol. The Hall–Kier alpha value is -1.14. The molecule has 1 aliphatic rings. The van der Waals surface area contributed by atoms with Crippen molar-refractivity contribution in [1.29, 1.82) is 0 Å². The lowest BCUT2D eigenvalue weighted by molar-refractivity contribution is 0.159. The molecule has 130 valence electrons. The Balaban J connectivity index is 1.57. The number of rotatable bonds is 6. The first kappa shape index (κ1) is 17.7. The maximum absolute atomic E-state index is 6.07. The molecule has 2 heterocycles. The summed E-state index contributed by atoms with van der Waals surface area (Å²) in [7, 11) is 1.75. The third-order valence-electron chi connectivity index (χ3n) is 4.35. The molecule has 1 aliphatic heterocycles. The van der Waals surface area contributed by atoms with E-state index in [4.69, 9.17) is 27.9 Å². The van der Waals surface area contributed by atoms with Crippen LogP contribution in [0.2, 0.25) is 10.0 Å². The molecule has 7 heteroatoms. The third kappa shape index (κ3) is 4.48. The molecule has 1 fully saturated rings. The van der Waals surface area contributed by atoms with Crippen molar-refractivity contribution in [3.8, 4) is 0 Å². The molecule has 0 amide bonds. The fraction of sp³-hybridized carbons (Fsp3) is 0.529. The van der Waals surface area contributed by atoms with Crippen LogP contribution >= 0.6 is 23.2 Å². The van der Waals surface area contributed by atoms with E-state index in [9.17, 15) is 0 Å². The number of nitrogens with zero attached hydrogens (tertiary/aromatic N) is 3. The van der Waals surface area contributed by atoms with Crippen molar-refractivity contribution in [3.63, 3.8) is 0 Å². The van der Waals surface area contributed by atoms with E-state index in [1.807, 2.05) is 0 Å². The molecule has 1 N–H and O–H groups in total. The average molecular weight is 369 g/mol. The lowest BCUT2D eigenvalue weighted by Gasteiger charge is -2.32. The van der Waals surface area contributed by atoms with Crippen LogP contribution in [0.5, 0.6) is 0 Å². The fourth-order valence-electron chi connectivity index (χ4n) is 3.02. The second-order valence-electron chi connectivity index (χ2n) is 6.12. The maximum Gasteiger partial charge on any atom is 0.145 e. The Morgan fingerprint density at radius 1 is 1.21 bits per heavy atom. The van der Waals surface area contributed by atoms with Crippen LogP contribution in [0.4, 0.5) is 5.82 Å². The van der Waals surface area contributed by atoms with Crippen LogP contribution in [-0.2, 0) is 4.74 Å². The molecule has 5 nitrogen and oxygen atoms in total. The van der Waals surface area contributed by atoms with Gasteiger partial charge in [0.25, 0.3) is 0 Å². The topological polar surface area (TPSA) is 50.3 Å². The second kappa shape index (κ2) is 8.30. The maximum atomic E-state index is 6.07. The number of benzene rings is 1. The second-order valence-corrected chi connectivity index (χ2v) is 6.93. The molecule has 0 aliphatic carbocycles. The number of piperidine rings is 1. The Morgan fingerprint density at radius 3 is 2.62 bits per heavy atom. The van der Waals surface area contributed by atoms with Gasteiger partial charge in [0.2, 0.25) is 0 Å². The zero-order chi connectivity index (χ0) is 16.9. The predicted molar refractivity (Wildman–Crippen MR) is 99.1 cm³/mol. The van der Waals surface area contributed by atoms with Gasteiger partial charge in [-0.2, -0.15) is 0 Å². The summed E-state index contributed by atoms with van der Waals surface area (Å²) in [5, 5.41) is 4.49. The van der Waals surface area contributed by atoms with Gasteiger partial charge in [0.1, 0.15) is 5.82 Å². The summed E-state index contributed by atoms with van der Waals surface area (Å²) >= 11 is 12.1. The van der Waals surface area contributed by atoms with Gasteiger partial charge in [0.15, 0.2) is 0 Å². The van der Waals surface area contributed by atoms with Gasteiger partial charge in [0, 0.05) is 39.4 Å². The molecule has 2 aromatic rings. The van der Waals surface area contributed by atoms with E-state index in [1.165, 1.54) is 0 Å². The first-order valence-electron chi connectivity index (χ1n) is 8.25. The summed E-state index contributed by atoms with van der Waals surface area (Å²) < 4.78 is 5.11. The van der Waals surface area contributed by atoms with Crippen molar-refractivity contribution >= 4 is 40.1 Å². The largest absolute Gasteiger partial charge is 0.385 e. The minimum absolute atomic E-state index is 0.429. The number of ether oxygens (including phenoxy) is 1. The third-order valence-corrected chi connectivity index (χ3v) is 5.07. The molecule has 0 atom stereocenters. The molecular weight excluding hydrogens is 347 g/mol. The van der Waals surface area contributed by atoms with Gasteiger partial charge in [-0.05, 0) is 31.4 Å². The minimum Gasteiger partial charge on any atom is -0.385 e. The van der Waals surface area contributed by atoms with Crippen LogP contribution in [0.15, 0.2) is 18.3 Å². The molecule has 24 heavy (non-hydrogen) atoms. The molecule has 0 bridgehead atoms. The standard InChI is InChI=1S/C17H22Cl2N4O/c1-24-8-2-5-23-6-3-12(4-7-23)21-17-11-20-15-9-13(18)14(19)10-16(15)22-17/h9-12H,2-8H2,1H3,(H,21,22). The summed E-state index contributed by atoms with van der Waals surface area (Å²) in [4.78, 5) is 11.5. The van der Waals surface area contributed by atoms with Gasteiger partial charge >= 0.3 is 0 Å². The summed E-state index contributed by atoms with van der Waals surface area (Å²) in [6.45, 7) is 4.14. The van der Waals surface area contributed by atoms with Crippen LogP contribution in [0.25, 0.3) is 11.0 Å². The fourth-order valence-corrected chi connectivity index (χ4v) is 3.34. The summed E-state index contributed by atoms with van der Waals surface area (Å²) in [6, 6.07) is 3.93. The van der Waals surface area contributed by atoms with Gasteiger partial charge in [-0.15, -0.1) is 0 Å². The number of fused-ring (bicyclic) bond motifs is 1. The molecule has 0 spiro atoms. The molecule has 3 rings (SSSR count). The van der Waals surface area contributed by atoms with E-state index in [1.54, 1.807) is 25.4 Å². The number of nitrogens with one attached hydrogen (secondary N) is 1. The molecule has 0 radical (unpaired) electrons. The molecule has 0 saturated carbocycles. The van der Waals surface area contributed by atoms with Crippen molar-refractivity contribution in [2.45, 2.75) is 25.3 Å². The highest BCUT2D eigenvalue weighted by Gasteiger charge is 2.19. The average Bonchev–Trinajstić information content (AvgIpc) is 2.58. The van der Waals surface area contributed by atoms with E-state index in [0.717, 1.165) is 62.4 Å². The molecule has 0 unspecified atom stereocenters.